The molecule has 0 aromatic carbocycles. The molecule has 6 heterocycles. The fourth-order valence-electron chi connectivity index (χ4n) is 3.10. The largest absolute Gasteiger partial charge is 0.285 e. The summed E-state index contributed by atoms with van der Waals surface area (Å²) < 4.78 is 4.70. The zero-order valence-electron chi connectivity index (χ0n) is 15.1. The lowest BCUT2D eigenvalue weighted by molar-refractivity contribution is 0.959. The Bertz CT molecular complexity index is 1360. The SMILES string of the molecule is Brc1ccn2ncc(-c3cc[nH]n3)c2c1.c1ccn2ncc(-c3cc[nH]n3)c2c1. The molecule has 142 valence electrons. The molecule has 2 N–H and O–H groups in total. The highest BCUT2D eigenvalue weighted by atomic mass is 79.9. The quantitative estimate of drug-likeness (QED) is 0.416. The van der Waals surface area contributed by atoms with Gasteiger partial charge >= 0.3 is 0 Å². The predicted octanol–water partition coefficient (Wildman–Crippen LogP) is 4.21. The van der Waals surface area contributed by atoms with Gasteiger partial charge in [0.1, 0.15) is 0 Å². The molecule has 0 saturated heterocycles. The third-order valence-corrected chi connectivity index (χ3v) is 4.96. The Hall–Kier alpha value is -3.72. The van der Waals surface area contributed by atoms with Gasteiger partial charge in [-0.15, -0.1) is 0 Å². The van der Waals surface area contributed by atoms with Gasteiger partial charge in [0.2, 0.25) is 0 Å². The molecule has 0 unspecified atom stereocenters. The predicted molar refractivity (Wildman–Crippen MR) is 113 cm³/mol. The molecule has 0 aliphatic heterocycles. The zero-order valence-corrected chi connectivity index (χ0v) is 16.7. The average molecular weight is 447 g/mol. The van der Waals surface area contributed by atoms with E-state index in [0.29, 0.717) is 0 Å². The lowest BCUT2D eigenvalue weighted by atomic mass is 10.2. The summed E-state index contributed by atoms with van der Waals surface area (Å²) in [4.78, 5) is 0. The number of rotatable bonds is 2. The Morgan fingerprint density at radius 2 is 1.38 bits per heavy atom. The summed E-state index contributed by atoms with van der Waals surface area (Å²) in [5.41, 5.74) is 6.01. The van der Waals surface area contributed by atoms with Crippen molar-refractivity contribution in [3.63, 3.8) is 0 Å². The molecule has 0 bridgehead atoms. The van der Waals surface area contributed by atoms with Crippen LogP contribution in [0.3, 0.4) is 0 Å². The highest BCUT2D eigenvalue weighted by molar-refractivity contribution is 9.10. The highest BCUT2D eigenvalue weighted by Crippen LogP contribution is 2.24. The molecule has 6 aromatic rings. The fourth-order valence-corrected chi connectivity index (χ4v) is 3.44. The molecule has 0 aliphatic rings. The second-order valence-electron chi connectivity index (χ2n) is 6.24. The van der Waals surface area contributed by atoms with Crippen molar-refractivity contribution in [3.8, 4) is 22.5 Å². The number of fused-ring (bicyclic) bond motifs is 2. The summed E-state index contributed by atoms with van der Waals surface area (Å²) in [7, 11) is 0. The summed E-state index contributed by atoms with van der Waals surface area (Å²) in [5.74, 6) is 0. The molecular formula is C20H15BrN8. The molecule has 0 aliphatic carbocycles. The Morgan fingerprint density at radius 3 is 2.03 bits per heavy atom. The minimum absolute atomic E-state index is 0.906. The van der Waals surface area contributed by atoms with Crippen molar-refractivity contribution in [3.05, 3.63) is 84.1 Å². The van der Waals surface area contributed by atoms with Gasteiger partial charge in [0, 0.05) is 40.4 Å². The smallest absolute Gasteiger partial charge is 0.0958 e. The molecule has 0 fully saturated rings. The standard InChI is InChI=1S/C10H7BrN4.C10H8N4/c11-7-2-4-15-10(5-7)8(6-13-15)9-1-3-12-14-9;1-2-6-14-10(3-1)8(7-12-14)9-4-5-11-13-9/h1-6H,(H,12,14);1-7H,(H,11,13). The number of hydrogen-bond donors (Lipinski definition) is 2. The molecule has 6 rings (SSSR count). The third kappa shape index (κ3) is 3.32. The van der Waals surface area contributed by atoms with Crippen molar-refractivity contribution >= 4 is 27.0 Å². The summed E-state index contributed by atoms with van der Waals surface area (Å²) in [6.07, 6.45) is 11.1. The van der Waals surface area contributed by atoms with E-state index < -0.39 is 0 Å². The van der Waals surface area contributed by atoms with Crippen LogP contribution in [-0.2, 0) is 0 Å². The molecule has 29 heavy (non-hydrogen) atoms. The Labute approximate surface area is 173 Å². The van der Waals surface area contributed by atoms with Crippen molar-refractivity contribution in [2.24, 2.45) is 0 Å². The van der Waals surface area contributed by atoms with Gasteiger partial charge in [0.25, 0.3) is 0 Å². The number of pyridine rings is 2. The van der Waals surface area contributed by atoms with Gasteiger partial charge in [-0.1, -0.05) is 22.0 Å². The first kappa shape index (κ1) is 17.4. The lowest BCUT2D eigenvalue weighted by Crippen LogP contribution is -1.85. The number of H-pyrrole nitrogens is 2. The van der Waals surface area contributed by atoms with E-state index in [0.717, 1.165) is 38.0 Å². The van der Waals surface area contributed by atoms with E-state index in [9.17, 15) is 0 Å². The van der Waals surface area contributed by atoms with E-state index in [4.69, 9.17) is 0 Å². The molecule has 0 radical (unpaired) electrons. The van der Waals surface area contributed by atoms with Gasteiger partial charge < -0.3 is 0 Å². The van der Waals surface area contributed by atoms with E-state index in [1.807, 2.05) is 82.5 Å². The minimum Gasteiger partial charge on any atom is -0.285 e. The topological polar surface area (TPSA) is 92.0 Å². The van der Waals surface area contributed by atoms with Crippen LogP contribution < -0.4 is 0 Å². The number of halogens is 1. The second-order valence-corrected chi connectivity index (χ2v) is 7.16. The number of hydrogen-bond acceptors (Lipinski definition) is 4. The van der Waals surface area contributed by atoms with Crippen molar-refractivity contribution in [1.29, 1.82) is 0 Å². The fraction of sp³-hybridized carbons (Fsp3) is 0. The van der Waals surface area contributed by atoms with E-state index in [1.54, 1.807) is 6.20 Å². The number of nitrogens with one attached hydrogen (secondary N) is 2. The molecule has 0 saturated carbocycles. The molecule has 8 nitrogen and oxygen atoms in total. The molecule has 6 aromatic heterocycles. The highest BCUT2D eigenvalue weighted by Gasteiger charge is 2.08. The van der Waals surface area contributed by atoms with Gasteiger partial charge in [-0.05, 0) is 36.4 Å². The maximum absolute atomic E-state index is 4.26. The van der Waals surface area contributed by atoms with E-state index >= 15 is 0 Å². The van der Waals surface area contributed by atoms with Crippen LogP contribution in [0.1, 0.15) is 0 Å². The summed E-state index contributed by atoms with van der Waals surface area (Å²) in [6, 6.07) is 13.8. The van der Waals surface area contributed by atoms with Crippen LogP contribution in [0.15, 0.2) is 84.1 Å². The van der Waals surface area contributed by atoms with Crippen LogP contribution in [0.25, 0.3) is 33.5 Å². The average Bonchev–Trinajstić information content (AvgIpc) is 3.54. The van der Waals surface area contributed by atoms with Crippen LogP contribution in [0.5, 0.6) is 0 Å². The van der Waals surface area contributed by atoms with Crippen molar-refractivity contribution in [1.82, 2.24) is 39.6 Å². The van der Waals surface area contributed by atoms with Crippen molar-refractivity contribution in [2.45, 2.75) is 0 Å². The van der Waals surface area contributed by atoms with Crippen LogP contribution >= 0.6 is 15.9 Å². The first-order chi connectivity index (χ1) is 14.3. The minimum atomic E-state index is 0.906. The molecule has 0 atom stereocenters. The Balaban J connectivity index is 0.000000125. The van der Waals surface area contributed by atoms with Crippen molar-refractivity contribution < 1.29 is 0 Å². The van der Waals surface area contributed by atoms with Gasteiger partial charge in [0.05, 0.1) is 34.8 Å². The van der Waals surface area contributed by atoms with Gasteiger partial charge in [-0.2, -0.15) is 20.4 Å². The van der Waals surface area contributed by atoms with Gasteiger partial charge in [0.15, 0.2) is 0 Å². The normalized spacial score (nSPS) is 10.9. The molecule has 0 amide bonds. The Morgan fingerprint density at radius 1 is 0.724 bits per heavy atom. The number of aromatic amines is 2. The molecule has 9 heteroatoms. The van der Waals surface area contributed by atoms with E-state index in [1.165, 1.54) is 0 Å². The zero-order chi connectivity index (χ0) is 19.6. The van der Waals surface area contributed by atoms with Crippen LogP contribution in [-0.4, -0.2) is 39.6 Å². The number of nitrogens with zero attached hydrogens (tertiary/aromatic N) is 6. The third-order valence-electron chi connectivity index (χ3n) is 4.46. The summed E-state index contributed by atoms with van der Waals surface area (Å²) >= 11 is 3.45. The maximum atomic E-state index is 4.26. The monoisotopic (exact) mass is 446 g/mol. The van der Waals surface area contributed by atoms with Gasteiger partial charge in [-0.3, -0.25) is 10.2 Å². The van der Waals surface area contributed by atoms with Crippen LogP contribution in [0.4, 0.5) is 0 Å². The lowest BCUT2D eigenvalue weighted by Gasteiger charge is -1.95. The first-order valence-electron chi connectivity index (χ1n) is 8.85. The maximum Gasteiger partial charge on any atom is 0.0958 e. The van der Waals surface area contributed by atoms with Gasteiger partial charge in [-0.25, -0.2) is 9.03 Å². The Kier molecular flexibility index (Phi) is 4.41. The summed E-state index contributed by atoms with van der Waals surface area (Å²) in [5, 5.41) is 22.4. The molecular weight excluding hydrogens is 432 g/mol. The second kappa shape index (κ2) is 7.36. The van der Waals surface area contributed by atoms with Crippen LogP contribution in [0, 0.1) is 0 Å². The first-order valence-corrected chi connectivity index (χ1v) is 9.64. The van der Waals surface area contributed by atoms with Crippen molar-refractivity contribution in [2.75, 3.05) is 0 Å². The summed E-state index contributed by atoms with van der Waals surface area (Å²) in [6.45, 7) is 0. The van der Waals surface area contributed by atoms with Crippen LogP contribution in [0.2, 0.25) is 0 Å². The van der Waals surface area contributed by atoms with E-state index in [2.05, 4.69) is 46.5 Å². The number of aromatic nitrogens is 8. The molecule has 0 spiro atoms. The van der Waals surface area contributed by atoms with E-state index in [-0.39, 0.29) is 0 Å².